The average molecular weight is 931 g/mol. The Morgan fingerprint density at radius 1 is 0.424 bits per heavy atom. The summed E-state index contributed by atoms with van der Waals surface area (Å²) >= 11 is 0. The van der Waals surface area contributed by atoms with Crippen LogP contribution >= 0.6 is 0 Å². The SMILES string of the molecule is CCCCC/C=C\C/C=C\CCCCCCCCCCCC(=O)OCCCCCCCCCCCCCCCCC(=O)NC(CO)C(O)CCCCCCCCCCCCCCCCCC. The summed E-state index contributed by atoms with van der Waals surface area (Å²) in [5.41, 5.74) is 0. The van der Waals surface area contributed by atoms with Crippen molar-refractivity contribution in [1.82, 2.24) is 5.32 Å². The Morgan fingerprint density at radius 2 is 0.758 bits per heavy atom. The zero-order chi connectivity index (χ0) is 47.9. The molecule has 0 rings (SSSR count). The van der Waals surface area contributed by atoms with Gasteiger partial charge in [-0.3, -0.25) is 9.59 Å². The minimum Gasteiger partial charge on any atom is -0.466 e. The minimum absolute atomic E-state index is 0.00536. The van der Waals surface area contributed by atoms with Crippen LogP contribution < -0.4 is 5.32 Å². The third kappa shape index (κ3) is 51.7. The largest absolute Gasteiger partial charge is 0.466 e. The molecule has 0 bridgehead atoms. The smallest absolute Gasteiger partial charge is 0.305 e. The highest BCUT2D eigenvalue weighted by atomic mass is 16.5. The van der Waals surface area contributed by atoms with Crippen molar-refractivity contribution in [2.24, 2.45) is 0 Å². The van der Waals surface area contributed by atoms with E-state index in [1.165, 1.54) is 231 Å². The first-order valence-electron chi connectivity index (χ1n) is 29.6. The average Bonchev–Trinajstić information content (AvgIpc) is 3.32. The van der Waals surface area contributed by atoms with Crippen LogP contribution in [0.2, 0.25) is 0 Å². The maximum atomic E-state index is 12.5. The van der Waals surface area contributed by atoms with E-state index in [9.17, 15) is 19.8 Å². The normalized spacial score (nSPS) is 12.7. The summed E-state index contributed by atoms with van der Waals surface area (Å²) in [4.78, 5) is 24.6. The van der Waals surface area contributed by atoms with Crippen LogP contribution in [0.3, 0.4) is 0 Å². The second kappa shape index (κ2) is 55.9. The first kappa shape index (κ1) is 64.3. The van der Waals surface area contributed by atoms with Gasteiger partial charge in [-0.15, -0.1) is 0 Å². The molecular weight excluding hydrogens is 815 g/mol. The van der Waals surface area contributed by atoms with Gasteiger partial charge in [-0.2, -0.15) is 0 Å². The molecule has 0 radical (unpaired) electrons. The number of amides is 1. The Morgan fingerprint density at radius 3 is 1.18 bits per heavy atom. The standard InChI is InChI=1S/C60H115NO5/c1-3-5-7-9-11-13-15-17-19-21-22-23-25-30-34-38-42-46-50-54-60(65)66-55-51-47-43-39-35-31-27-26-29-33-37-41-45-49-53-59(64)61-57(56-62)58(63)52-48-44-40-36-32-28-24-20-18-16-14-12-10-8-6-4-2/h11,13,17,19,57-58,62-63H,3-10,12,14-16,18,20-56H2,1-2H3,(H,61,64)/b13-11-,19-17-. The van der Waals surface area contributed by atoms with Crippen LogP contribution in [0.1, 0.15) is 322 Å². The van der Waals surface area contributed by atoms with E-state index in [-0.39, 0.29) is 18.5 Å². The molecule has 2 atom stereocenters. The second-order valence-electron chi connectivity index (χ2n) is 20.3. The van der Waals surface area contributed by atoms with Crippen LogP contribution in [-0.4, -0.2) is 47.4 Å². The molecule has 1 amide bonds. The molecule has 0 aliphatic heterocycles. The van der Waals surface area contributed by atoms with Crippen LogP contribution in [0, 0.1) is 0 Å². The lowest BCUT2D eigenvalue weighted by Gasteiger charge is -2.22. The van der Waals surface area contributed by atoms with E-state index in [2.05, 4.69) is 43.5 Å². The first-order valence-corrected chi connectivity index (χ1v) is 29.6. The van der Waals surface area contributed by atoms with Crippen molar-refractivity contribution in [3.8, 4) is 0 Å². The number of allylic oxidation sites excluding steroid dienone is 4. The predicted octanol–water partition coefficient (Wildman–Crippen LogP) is 18.2. The Labute approximate surface area is 411 Å². The van der Waals surface area contributed by atoms with E-state index in [0.717, 1.165) is 57.8 Å². The first-order chi connectivity index (χ1) is 32.5. The van der Waals surface area contributed by atoms with Crippen molar-refractivity contribution in [2.75, 3.05) is 13.2 Å². The molecule has 0 saturated heterocycles. The summed E-state index contributed by atoms with van der Waals surface area (Å²) < 4.78 is 5.49. The molecule has 0 aromatic rings. The van der Waals surface area contributed by atoms with Crippen molar-refractivity contribution in [3.05, 3.63) is 24.3 Å². The van der Waals surface area contributed by atoms with E-state index >= 15 is 0 Å². The quantitative estimate of drug-likeness (QED) is 0.0321. The van der Waals surface area contributed by atoms with Crippen molar-refractivity contribution >= 4 is 11.9 Å². The Balaban J connectivity index is 3.42. The number of nitrogens with one attached hydrogen (secondary N) is 1. The fourth-order valence-corrected chi connectivity index (χ4v) is 9.20. The highest BCUT2D eigenvalue weighted by Crippen LogP contribution is 2.17. The van der Waals surface area contributed by atoms with E-state index in [0.29, 0.717) is 25.9 Å². The van der Waals surface area contributed by atoms with Gasteiger partial charge < -0.3 is 20.3 Å². The summed E-state index contributed by atoms with van der Waals surface area (Å²) in [6.07, 6.45) is 67.3. The molecular formula is C60H115NO5. The van der Waals surface area contributed by atoms with Crippen molar-refractivity contribution < 1.29 is 24.5 Å². The fourth-order valence-electron chi connectivity index (χ4n) is 9.20. The zero-order valence-electron chi connectivity index (χ0n) is 44.4. The fraction of sp³-hybridized carbons (Fsp3) is 0.900. The van der Waals surface area contributed by atoms with Crippen LogP contribution in [0.4, 0.5) is 0 Å². The molecule has 3 N–H and O–H groups in total. The maximum absolute atomic E-state index is 12.5. The number of aliphatic hydroxyl groups excluding tert-OH is 2. The van der Waals surface area contributed by atoms with E-state index < -0.39 is 12.1 Å². The highest BCUT2D eigenvalue weighted by molar-refractivity contribution is 5.76. The van der Waals surface area contributed by atoms with Gasteiger partial charge in [0.1, 0.15) is 0 Å². The number of carbonyl (C=O) groups is 2. The van der Waals surface area contributed by atoms with Gasteiger partial charge in [-0.25, -0.2) is 0 Å². The molecule has 0 aromatic carbocycles. The lowest BCUT2D eigenvalue weighted by atomic mass is 10.0. The molecule has 6 nitrogen and oxygen atoms in total. The molecule has 0 saturated carbocycles. The lowest BCUT2D eigenvalue weighted by Crippen LogP contribution is -2.45. The lowest BCUT2D eigenvalue weighted by molar-refractivity contribution is -0.143. The minimum atomic E-state index is -0.671. The third-order valence-corrected chi connectivity index (χ3v) is 13.8. The molecule has 0 fully saturated rings. The van der Waals surface area contributed by atoms with Gasteiger partial charge in [0.2, 0.25) is 5.91 Å². The van der Waals surface area contributed by atoms with Gasteiger partial charge in [0.25, 0.3) is 0 Å². The maximum Gasteiger partial charge on any atom is 0.305 e. The van der Waals surface area contributed by atoms with Gasteiger partial charge in [0.15, 0.2) is 0 Å². The van der Waals surface area contributed by atoms with Gasteiger partial charge in [0, 0.05) is 12.8 Å². The molecule has 66 heavy (non-hydrogen) atoms. The summed E-state index contributed by atoms with van der Waals surface area (Å²) in [6.45, 7) is 4.92. The van der Waals surface area contributed by atoms with Gasteiger partial charge >= 0.3 is 5.97 Å². The monoisotopic (exact) mass is 930 g/mol. The van der Waals surface area contributed by atoms with Crippen LogP contribution in [-0.2, 0) is 14.3 Å². The number of rotatable bonds is 55. The van der Waals surface area contributed by atoms with Crippen molar-refractivity contribution in [2.45, 2.75) is 334 Å². The third-order valence-electron chi connectivity index (χ3n) is 13.8. The molecule has 0 aliphatic carbocycles. The number of aliphatic hydroxyl groups is 2. The van der Waals surface area contributed by atoms with Crippen LogP contribution in [0.25, 0.3) is 0 Å². The Kier molecular flexibility index (Phi) is 54.5. The van der Waals surface area contributed by atoms with Gasteiger partial charge in [-0.05, 0) is 57.8 Å². The van der Waals surface area contributed by atoms with Crippen molar-refractivity contribution in [1.29, 1.82) is 0 Å². The molecule has 2 unspecified atom stereocenters. The van der Waals surface area contributed by atoms with Crippen LogP contribution in [0.5, 0.6) is 0 Å². The molecule has 390 valence electrons. The highest BCUT2D eigenvalue weighted by Gasteiger charge is 2.20. The summed E-state index contributed by atoms with van der Waals surface area (Å²) in [7, 11) is 0. The molecule has 0 aromatic heterocycles. The second-order valence-corrected chi connectivity index (χ2v) is 20.3. The number of unbranched alkanes of at least 4 members (excludes halogenated alkanes) is 40. The Bertz CT molecular complexity index is 1030. The summed E-state index contributed by atoms with van der Waals surface area (Å²) in [6, 6.07) is -0.550. The number of hydrogen-bond donors (Lipinski definition) is 3. The summed E-state index contributed by atoms with van der Waals surface area (Å²) in [5, 5.41) is 23.3. The molecule has 0 aliphatic rings. The number of ether oxygens (including phenoxy) is 1. The summed E-state index contributed by atoms with van der Waals surface area (Å²) in [5.74, 6) is -0.0490. The van der Waals surface area contributed by atoms with E-state index in [1.54, 1.807) is 0 Å². The number of carbonyl (C=O) groups excluding carboxylic acids is 2. The number of esters is 1. The van der Waals surface area contributed by atoms with Gasteiger partial charge in [0.05, 0.1) is 25.4 Å². The van der Waals surface area contributed by atoms with Crippen molar-refractivity contribution in [3.63, 3.8) is 0 Å². The van der Waals surface area contributed by atoms with Gasteiger partial charge in [-0.1, -0.05) is 276 Å². The Hall–Kier alpha value is -1.66. The molecule has 6 heteroatoms. The topological polar surface area (TPSA) is 95.9 Å². The number of hydrogen-bond acceptors (Lipinski definition) is 5. The molecule has 0 heterocycles. The van der Waals surface area contributed by atoms with E-state index in [4.69, 9.17) is 4.74 Å². The van der Waals surface area contributed by atoms with Crippen LogP contribution in [0.15, 0.2) is 24.3 Å². The zero-order valence-corrected chi connectivity index (χ0v) is 44.4. The molecule has 0 spiro atoms. The van der Waals surface area contributed by atoms with E-state index in [1.807, 2.05) is 0 Å². The predicted molar refractivity (Wildman–Crippen MR) is 287 cm³/mol.